The van der Waals surface area contributed by atoms with Crippen LogP contribution in [-0.4, -0.2) is 13.1 Å². The third-order valence-corrected chi connectivity index (χ3v) is 4.43. The lowest BCUT2D eigenvalue weighted by Gasteiger charge is -2.24. The van der Waals surface area contributed by atoms with Crippen LogP contribution in [0.1, 0.15) is 33.5 Å². The van der Waals surface area contributed by atoms with E-state index in [2.05, 4.69) is 6.07 Å². The Morgan fingerprint density at radius 2 is 2.00 bits per heavy atom. The van der Waals surface area contributed by atoms with Crippen LogP contribution >= 0.6 is 0 Å². The van der Waals surface area contributed by atoms with Crippen LogP contribution in [0.2, 0.25) is 0 Å². The molecule has 0 fully saturated rings. The van der Waals surface area contributed by atoms with E-state index >= 15 is 0 Å². The molecular weight excluding hydrogens is 264 g/mol. The first-order chi connectivity index (χ1) is 10.3. The van der Waals surface area contributed by atoms with Crippen molar-refractivity contribution in [3.63, 3.8) is 0 Å². The summed E-state index contributed by atoms with van der Waals surface area (Å²) in [6.45, 7) is 0.517. The molecule has 0 aromatic heterocycles. The molecule has 0 atom stereocenters. The van der Waals surface area contributed by atoms with Gasteiger partial charge in [-0.25, -0.2) is 4.79 Å². The molecule has 3 heteroatoms. The quantitative estimate of drug-likeness (QED) is 0.750. The zero-order chi connectivity index (χ0) is 14.4. The number of hydrogen-bond acceptors (Lipinski definition) is 3. The average molecular weight is 280 g/mol. The number of ether oxygens (including phenoxy) is 2. The zero-order valence-corrected chi connectivity index (χ0v) is 11.9. The molecule has 1 aliphatic heterocycles. The fourth-order valence-electron chi connectivity index (χ4n) is 3.54. The molecule has 0 radical (unpaired) electrons. The van der Waals surface area contributed by atoms with Crippen LogP contribution in [0.4, 0.5) is 0 Å². The number of methoxy groups -OCH3 is 1. The second-order valence-electron chi connectivity index (χ2n) is 5.55. The summed E-state index contributed by atoms with van der Waals surface area (Å²) in [4.78, 5) is 12.0. The van der Waals surface area contributed by atoms with Crippen molar-refractivity contribution in [1.82, 2.24) is 0 Å². The normalized spacial score (nSPS) is 14.7. The Balaban J connectivity index is 2.00. The van der Waals surface area contributed by atoms with E-state index in [0.717, 1.165) is 41.7 Å². The molecule has 106 valence electrons. The van der Waals surface area contributed by atoms with Crippen LogP contribution in [0, 0.1) is 0 Å². The molecule has 4 rings (SSSR count). The van der Waals surface area contributed by atoms with Crippen LogP contribution in [0.25, 0.3) is 11.1 Å². The predicted molar refractivity (Wildman–Crippen MR) is 79.6 cm³/mol. The van der Waals surface area contributed by atoms with Gasteiger partial charge in [0.2, 0.25) is 0 Å². The Labute approximate surface area is 123 Å². The molecule has 0 saturated heterocycles. The van der Waals surface area contributed by atoms with E-state index in [4.69, 9.17) is 9.47 Å². The van der Waals surface area contributed by atoms with Crippen molar-refractivity contribution < 1.29 is 14.3 Å². The van der Waals surface area contributed by atoms with Crippen LogP contribution in [0.15, 0.2) is 30.3 Å². The zero-order valence-electron chi connectivity index (χ0n) is 11.9. The van der Waals surface area contributed by atoms with Crippen molar-refractivity contribution in [3.8, 4) is 16.9 Å². The van der Waals surface area contributed by atoms with Crippen LogP contribution in [0.3, 0.4) is 0 Å². The summed E-state index contributed by atoms with van der Waals surface area (Å²) < 4.78 is 10.8. The number of benzene rings is 2. The highest BCUT2D eigenvalue weighted by Gasteiger charge is 2.29. The monoisotopic (exact) mass is 280 g/mol. The maximum atomic E-state index is 12.0. The SMILES string of the molecule is COC(=O)c1cc2c(c3c1CCC3)-c1ccccc1OC2. The van der Waals surface area contributed by atoms with E-state index in [-0.39, 0.29) is 5.97 Å². The van der Waals surface area contributed by atoms with E-state index < -0.39 is 0 Å². The lowest BCUT2D eigenvalue weighted by atomic mass is 9.87. The molecule has 2 aromatic carbocycles. The fourth-order valence-corrected chi connectivity index (χ4v) is 3.54. The van der Waals surface area contributed by atoms with E-state index in [1.165, 1.54) is 18.2 Å². The molecule has 2 aromatic rings. The minimum Gasteiger partial charge on any atom is -0.488 e. The molecule has 0 N–H and O–H groups in total. The number of rotatable bonds is 1. The molecule has 0 saturated carbocycles. The second-order valence-corrected chi connectivity index (χ2v) is 5.55. The lowest BCUT2D eigenvalue weighted by Crippen LogP contribution is -2.13. The van der Waals surface area contributed by atoms with Crippen molar-refractivity contribution in [2.45, 2.75) is 25.9 Å². The molecule has 1 heterocycles. The van der Waals surface area contributed by atoms with Gasteiger partial charge in [-0.3, -0.25) is 0 Å². The molecule has 1 aliphatic carbocycles. The molecule has 2 aliphatic rings. The Hall–Kier alpha value is -2.29. The third-order valence-electron chi connectivity index (χ3n) is 4.43. The standard InChI is InChI=1S/C18H16O3/c1-20-18(19)15-9-11-10-21-16-8-3-2-5-14(16)17(11)13-7-4-6-12(13)15/h2-3,5,8-9H,4,6-7,10H2,1H3. The minimum absolute atomic E-state index is 0.241. The minimum atomic E-state index is -0.241. The summed E-state index contributed by atoms with van der Waals surface area (Å²) in [5.41, 5.74) is 6.70. The molecule has 0 spiro atoms. The van der Waals surface area contributed by atoms with Crippen molar-refractivity contribution in [1.29, 1.82) is 0 Å². The second kappa shape index (κ2) is 4.62. The smallest absolute Gasteiger partial charge is 0.338 e. The highest BCUT2D eigenvalue weighted by Crippen LogP contribution is 2.44. The number of hydrogen-bond donors (Lipinski definition) is 0. The highest BCUT2D eigenvalue weighted by molar-refractivity contribution is 5.94. The van der Waals surface area contributed by atoms with Gasteiger partial charge in [0, 0.05) is 5.56 Å². The van der Waals surface area contributed by atoms with E-state index in [1.807, 2.05) is 24.3 Å². The highest BCUT2D eigenvalue weighted by atomic mass is 16.5. The summed E-state index contributed by atoms with van der Waals surface area (Å²) in [5.74, 6) is 0.694. The van der Waals surface area contributed by atoms with Gasteiger partial charge in [-0.05, 0) is 53.6 Å². The summed E-state index contributed by atoms with van der Waals surface area (Å²) >= 11 is 0. The molecule has 0 amide bonds. The number of para-hydroxylation sites is 1. The van der Waals surface area contributed by atoms with Gasteiger partial charge in [0.05, 0.1) is 12.7 Å². The molecule has 0 unspecified atom stereocenters. The van der Waals surface area contributed by atoms with Gasteiger partial charge in [-0.2, -0.15) is 0 Å². The van der Waals surface area contributed by atoms with Gasteiger partial charge in [0.1, 0.15) is 12.4 Å². The van der Waals surface area contributed by atoms with Crippen molar-refractivity contribution in [2.24, 2.45) is 0 Å². The van der Waals surface area contributed by atoms with Crippen molar-refractivity contribution in [3.05, 3.63) is 52.6 Å². The number of carbonyl (C=O) groups is 1. The first kappa shape index (κ1) is 12.5. The van der Waals surface area contributed by atoms with E-state index in [1.54, 1.807) is 0 Å². The first-order valence-corrected chi connectivity index (χ1v) is 7.27. The van der Waals surface area contributed by atoms with Crippen LogP contribution in [0.5, 0.6) is 5.75 Å². The topological polar surface area (TPSA) is 35.5 Å². The first-order valence-electron chi connectivity index (χ1n) is 7.27. The van der Waals surface area contributed by atoms with Crippen LogP contribution in [-0.2, 0) is 24.2 Å². The van der Waals surface area contributed by atoms with Gasteiger partial charge in [0.15, 0.2) is 0 Å². The van der Waals surface area contributed by atoms with Gasteiger partial charge in [0.25, 0.3) is 0 Å². The number of fused-ring (bicyclic) bond motifs is 5. The van der Waals surface area contributed by atoms with E-state index in [9.17, 15) is 4.79 Å². The Morgan fingerprint density at radius 3 is 2.86 bits per heavy atom. The lowest BCUT2D eigenvalue weighted by molar-refractivity contribution is 0.0599. The van der Waals surface area contributed by atoms with Gasteiger partial charge < -0.3 is 9.47 Å². The molecule has 3 nitrogen and oxygen atoms in total. The Kier molecular flexibility index (Phi) is 2.74. The van der Waals surface area contributed by atoms with Gasteiger partial charge in [-0.1, -0.05) is 18.2 Å². The fraction of sp³-hybridized carbons (Fsp3) is 0.278. The average Bonchev–Trinajstić information content (AvgIpc) is 3.02. The maximum Gasteiger partial charge on any atom is 0.338 e. The molecule has 21 heavy (non-hydrogen) atoms. The maximum absolute atomic E-state index is 12.0. The predicted octanol–water partition coefficient (Wildman–Crippen LogP) is 3.52. The Morgan fingerprint density at radius 1 is 1.19 bits per heavy atom. The van der Waals surface area contributed by atoms with Gasteiger partial charge in [-0.15, -0.1) is 0 Å². The van der Waals surface area contributed by atoms with E-state index in [0.29, 0.717) is 12.2 Å². The molecule has 0 bridgehead atoms. The summed E-state index contributed by atoms with van der Waals surface area (Å²) in [6, 6.07) is 10.1. The van der Waals surface area contributed by atoms with Crippen molar-refractivity contribution in [2.75, 3.05) is 7.11 Å². The summed E-state index contributed by atoms with van der Waals surface area (Å²) in [7, 11) is 1.44. The van der Waals surface area contributed by atoms with Crippen molar-refractivity contribution >= 4 is 5.97 Å². The largest absolute Gasteiger partial charge is 0.488 e. The summed E-state index contributed by atoms with van der Waals surface area (Å²) in [6.07, 6.45) is 3.08. The Bertz CT molecular complexity index is 746. The third kappa shape index (κ3) is 1.77. The summed E-state index contributed by atoms with van der Waals surface area (Å²) in [5, 5.41) is 0. The van der Waals surface area contributed by atoms with Gasteiger partial charge >= 0.3 is 5.97 Å². The van der Waals surface area contributed by atoms with Crippen LogP contribution < -0.4 is 4.74 Å². The number of esters is 1. The number of carbonyl (C=O) groups excluding carboxylic acids is 1. The molecular formula is C18H16O3.